The van der Waals surface area contributed by atoms with E-state index in [0.717, 1.165) is 5.69 Å². The van der Waals surface area contributed by atoms with Crippen molar-refractivity contribution in [3.63, 3.8) is 0 Å². The lowest BCUT2D eigenvalue weighted by molar-refractivity contribution is 0.0956. The zero-order valence-electron chi connectivity index (χ0n) is 7.19. The van der Waals surface area contributed by atoms with Crippen molar-refractivity contribution >= 4 is 17.9 Å². The molecule has 0 radical (unpaired) electrons. The molecule has 0 unspecified atom stereocenters. The van der Waals surface area contributed by atoms with Crippen LogP contribution < -0.4 is 10.3 Å². The van der Waals surface area contributed by atoms with E-state index in [9.17, 15) is 4.79 Å². The average molecular weight is 175 g/mol. The molecule has 1 aromatic carbocycles. The van der Waals surface area contributed by atoms with Gasteiger partial charge < -0.3 is 4.90 Å². The second-order valence-corrected chi connectivity index (χ2v) is 2.81. The van der Waals surface area contributed by atoms with Crippen LogP contribution in [0.3, 0.4) is 0 Å². The maximum atomic E-state index is 11.4. The highest BCUT2D eigenvalue weighted by Gasteiger charge is 2.14. The minimum absolute atomic E-state index is 0.170. The predicted octanol–water partition coefficient (Wildman–Crippen LogP) is 0.809. The second-order valence-electron chi connectivity index (χ2n) is 2.81. The van der Waals surface area contributed by atoms with Crippen LogP contribution in [-0.2, 0) is 0 Å². The van der Waals surface area contributed by atoms with E-state index in [-0.39, 0.29) is 5.91 Å². The molecule has 1 aliphatic rings. The molecular weight excluding hydrogens is 166 g/mol. The lowest BCUT2D eigenvalue weighted by Gasteiger charge is -2.12. The van der Waals surface area contributed by atoms with Gasteiger partial charge in [0.05, 0.1) is 11.3 Å². The smallest absolute Gasteiger partial charge is 0.273 e. The van der Waals surface area contributed by atoms with E-state index in [1.54, 1.807) is 17.3 Å². The highest BCUT2D eigenvalue weighted by Crippen LogP contribution is 2.18. The van der Waals surface area contributed by atoms with Crippen LogP contribution in [-0.4, -0.2) is 19.3 Å². The first-order valence-electron chi connectivity index (χ1n) is 3.94. The predicted molar refractivity (Wildman–Crippen MR) is 50.8 cm³/mol. The molecule has 1 aromatic rings. The van der Waals surface area contributed by atoms with Crippen molar-refractivity contribution in [3.8, 4) is 0 Å². The highest BCUT2D eigenvalue weighted by atomic mass is 16.2. The van der Waals surface area contributed by atoms with Gasteiger partial charge in [0.2, 0.25) is 0 Å². The van der Waals surface area contributed by atoms with E-state index in [2.05, 4.69) is 10.5 Å². The minimum Gasteiger partial charge on any atom is -0.333 e. The third kappa shape index (κ3) is 1.26. The van der Waals surface area contributed by atoms with Gasteiger partial charge in [-0.25, -0.2) is 5.43 Å². The first-order chi connectivity index (χ1) is 6.29. The number of rotatable bonds is 0. The van der Waals surface area contributed by atoms with Crippen LogP contribution in [0.15, 0.2) is 29.4 Å². The quantitative estimate of drug-likeness (QED) is 0.634. The Labute approximate surface area is 75.9 Å². The molecule has 0 saturated heterocycles. The normalized spacial score (nSPS) is 14.8. The van der Waals surface area contributed by atoms with Crippen molar-refractivity contribution in [2.75, 3.05) is 11.9 Å². The van der Waals surface area contributed by atoms with E-state index in [1.807, 2.05) is 25.2 Å². The standard InChI is InChI=1S/C9H9N3O/c1-12-6-10-11-9(13)7-4-2-3-5-8(7)12/h2-6H,1H3,(H,11,13). The molecule has 0 aromatic heterocycles. The van der Waals surface area contributed by atoms with E-state index in [4.69, 9.17) is 0 Å². The van der Waals surface area contributed by atoms with Gasteiger partial charge in [-0.2, -0.15) is 5.10 Å². The van der Waals surface area contributed by atoms with Crippen LogP contribution in [0.2, 0.25) is 0 Å². The fourth-order valence-electron chi connectivity index (χ4n) is 1.27. The number of anilines is 1. The molecule has 1 aliphatic heterocycles. The van der Waals surface area contributed by atoms with Crippen LogP contribution >= 0.6 is 0 Å². The number of para-hydroxylation sites is 1. The Morgan fingerprint density at radius 2 is 2.15 bits per heavy atom. The molecule has 0 fully saturated rings. The van der Waals surface area contributed by atoms with Gasteiger partial charge in [0.25, 0.3) is 5.91 Å². The molecular formula is C9H9N3O. The van der Waals surface area contributed by atoms with Crippen LogP contribution in [0.25, 0.3) is 0 Å². The maximum absolute atomic E-state index is 11.4. The van der Waals surface area contributed by atoms with Crippen molar-refractivity contribution in [1.82, 2.24) is 5.43 Å². The summed E-state index contributed by atoms with van der Waals surface area (Å²) in [5.41, 5.74) is 3.92. The fraction of sp³-hybridized carbons (Fsp3) is 0.111. The van der Waals surface area contributed by atoms with Crippen LogP contribution in [0.4, 0.5) is 5.69 Å². The summed E-state index contributed by atoms with van der Waals surface area (Å²) < 4.78 is 0. The Balaban J connectivity index is 2.58. The summed E-state index contributed by atoms with van der Waals surface area (Å²) in [7, 11) is 1.85. The third-order valence-corrected chi connectivity index (χ3v) is 1.93. The van der Waals surface area contributed by atoms with Crippen LogP contribution in [0.5, 0.6) is 0 Å². The number of hydrazone groups is 1. The SMILES string of the molecule is CN1C=NNC(=O)c2ccccc21. The molecule has 1 heterocycles. The highest BCUT2D eigenvalue weighted by molar-refractivity contribution is 6.03. The molecule has 0 bridgehead atoms. The average Bonchev–Trinajstić information content (AvgIpc) is 2.29. The number of nitrogens with zero attached hydrogens (tertiary/aromatic N) is 2. The molecule has 13 heavy (non-hydrogen) atoms. The molecule has 0 atom stereocenters. The zero-order valence-corrected chi connectivity index (χ0v) is 7.19. The number of hydrogen-bond acceptors (Lipinski definition) is 3. The lowest BCUT2D eigenvalue weighted by atomic mass is 10.1. The first-order valence-corrected chi connectivity index (χ1v) is 3.94. The number of carbonyl (C=O) groups is 1. The summed E-state index contributed by atoms with van der Waals surface area (Å²) in [5, 5.41) is 3.75. The molecule has 1 N–H and O–H groups in total. The summed E-state index contributed by atoms with van der Waals surface area (Å²) >= 11 is 0. The Morgan fingerprint density at radius 3 is 3.00 bits per heavy atom. The van der Waals surface area contributed by atoms with Gasteiger partial charge >= 0.3 is 0 Å². The molecule has 2 rings (SSSR count). The van der Waals surface area contributed by atoms with Crippen LogP contribution in [0, 0.1) is 0 Å². The van der Waals surface area contributed by atoms with Crippen molar-refractivity contribution in [3.05, 3.63) is 29.8 Å². The number of fused-ring (bicyclic) bond motifs is 1. The summed E-state index contributed by atoms with van der Waals surface area (Å²) in [4.78, 5) is 13.2. The first kappa shape index (κ1) is 7.79. The summed E-state index contributed by atoms with van der Waals surface area (Å²) in [6.07, 6.45) is 1.57. The van der Waals surface area contributed by atoms with Crippen LogP contribution in [0.1, 0.15) is 10.4 Å². The van der Waals surface area contributed by atoms with Gasteiger partial charge in [0.15, 0.2) is 0 Å². The number of hydrogen-bond donors (Lipinski definition) is 1. The van der Waals surface area contributed by atoms with Crippen molar-refractivity contribution in [1.29, 1.82) is 0 Å². The van der Waals surface area contributed by atoms with E-state index >= 15 is 0 Å². The monoisotopic (exact) mass is 175 g/mol. The Kier molecular flexibility index (Phi) is 1.73. The van der Waals surface area contributed by atoms with Crippen molar-refractivity contribution in [2.45, 2.75) is 0 Å². The van der Waals surface area contributed by atoms with E-state index < -0.39 is 0 Å². The zero-order chi connectivity index (χ0) is 9.26. The van der Waals surface area contributed by atoms with Crippen molar-refractivity contribution in [2.24, 2.45) is 5.10 Å². The molecule has 1 amide bonds. The van der Waals surface area contributed by atoms with Gasteiger partial charge in [0.1, 0.15) is 6.34 Å². The van der Waals surface area contributed by atoms with Crippen molar-refractivity contribution < 1.29 is 4.79 Å². The van der Waals surface area contributed by atoms with E-state index in [1.165, 1.54) is 0 Å². The minimum atomic E-state index is -0.170. The molecule has 0 aliphatic carbocycles. The Hall–Kier alpha value is -1.84. The maximum Gasteiger partial charge on any atom is 0.273 e. The molecule has 4 heteroatoms. The topological polar surface area (TPSA) is 44.7 Å². The Bertz CT molecular complexity index is 373. The number of nitrogens with one attached hydrogen (secondary N) is 1. The lowest BCUT2D eigenvalue weighted by Crippen LogP contribution is -2.16. The van der Waals surface area contributed by atoms with Gasteiger partial charge in [-0.15, -0.1) is 0 Å². The fourth-order valence-corrected chi connectivity index (χ4v) is 1.27. The second kappa shape index (κ2) is 2.90. The van der Waals surface area contributed by atoms with E-state index in [0.29, 0.717) is 5.56 Å². The Morgan fingerprint density at radius 1 is 1.38 bits per heavy atom. The third-order valence-electron chi connectivity index (χ3n) is 1.93. The molecule has 0 saturated carbocycles. The molecule has 0 spiro atoms. The van der Waals surface area contributed by atoms with Gasteiger partial charge in [0, 0.05) is 7.05 Å². The summed E-state index contributed by atoms with van der Waals surface area (Å²) in [6, 6.07) is 7.38. The van der Waals surface area contributed by atoms with Gasteiger partial charge in [-0.05, 0) is 12.1 Å². The largest absolute Gasteiger partial charge is 0.333 e. The molecule has 66 valence electrons. The van der Waals surface area contributed by atoms with Gasteiger partial charge in [-0.1, -0.05) is 12.1 Å². The molecule has 4 nitrogen and oxygen atoms in total. The summed E-state index contributed by atoms with van der Waals surface area (Å²) in [6.45, 7) is 0. The number of carbonyl (C=O) groups excluding carboxylic acids is 1. The number of amides is 1. The summed E-state index contributed by atoms with van der Waals surface area (Å²) in [5.74, 6) is -0.170. The van der Waals surface area contributed by atoms with Gasteiger partial charge in [-0.3, -0.25) is 4.79 Å². The number of benzene rings is 1.